The number of terminal acetylenes is 1. The third-order valence-electron chi connectivity index (χ3n) is 5.71. The predicted molar refractivity (Wildman–Crippen MR) is 112 cm³/mol. The maximum Gasteiger partial charge on any atom is 0.0249 e. The summed E-state index contributed by atoms with van der Waals surface area (Å²) < 4.78 is 0. The van der Waals surface area contributed by atoms with Gasteiger partial charge in [0.05, 0.1) is 0 Å². The summed E-state index contributed by atoms with van der Waals surface area (Å²) in [6.07, 6.45) is 5.72. The average Bonchev–Trinajstić information content (AvgIpc) is 3.21. The van der Waals surface area contributed by atoms with Gasteiger partial charge in [0.15, 0.2) is 0 Å². The van der Waals surface area contributed by atoms with Crippen LogP contribution in [0, 0.1) is 12.3 Å². The summed E-state index contributed by atoms with van der Waals surface area (Å²) >= 11 is 0. The number of hydrogen-bond donors (Lipinski definition) is 0. The van der Waals surface area contributed by atoms with Gasteiger partial charge in [-0.2, -0.15) is 0 Å². The van der Waals surface area contributed by atoms with Crippen LogP contribution < -0.4 is 0 Å². The van der Waals surface area contributed by atoms with Crippen LogP contribution >= 0.6 is 10.0 Å². The molecule has 0 saturated carbocycles. The lowest BCUT2D eigenvalue weighted by molar-refractivity contribution is 1.36. The summed E-state index contributed by atoms with van der Waals surface area (Å²) in [5.41, 5.74) is 6.30. The molecule has 0 bridgehead atoms. The van der Waals surface area contributed by atoms with E-state index in [4.69, 9.17) is 6.42 Å². The van der Waals surface area contributed by atoms with Gasteiger partial charge in [-0.3, -0.25) is 0 Å². The Hall–Kier alpha value is -3.21. The van der Waals surface area contributed by atoms with Crippen molar-refractivity contribution in [2.75, 3.05) is 0 Å². The van der Waals surface area contributed by atoms with Crippen molar-refractivity contribution in [3.05, 3.63) is 96.6 Å². The molecule has 0 aromatic heterocycles. The maximum atomic E-state index is 5.72. The molecule has 126 valence electrons. The second-order valence-corrected chi connectivity index (χ2v) is 9.94. The molecule has 0 saturated heterocycles. The highest BCUT2D eigenvalue weighted by Gasteiger charge is 2.47. The van der Waals surface area contributed by atoms with Gasteiger partial charge in [-0.05, 0) is 58.7 Å². The Morgan fingerprint density at radius 3 is 1.48 bits per heavy atom. The van der Waals surface area contributed by atoms with Crippen LogP contribution in [0.25, 0.3) is 22.3 Å². The van der Waals surface area contributed by atoms with Crippen molar-refractivity contribution in [1.29, 1.82) is 0 Å². The zero-order valence-corrected chi connectivity index (χ0v) is 15.5. The molecule has 0 aliphatic carbocycles. The lowest BCUT2D eigenvalue weighted by Crippen LogP contribution is -1.97. The average molecular weight is 360 g/mol. The van der Waals surface area contributed by atoms with E-state index in [0.717, 1.165) is 5.56 Å². The van der Waals surface area contributed by atoms with Crippen LogP contribution in [0.2, 0.25) is 0 Å². The van der Waals surface area contributed by atoms with Crippen LogP contribution in [0.15, 0.2) is 111 Å². The highest BCUT2D eigenvalue weighted by molar-refractivity contribution is 8.34. The lowest BCUT2D eigenvalue weighted by atomic mass is 10.0. The Bertz CT molecular complexity index is 1240. The molecule has 0 amide bonds. The van der Waals surface area contributed by atoms with Gasteiger partial charge in [0.1, 0.15) is 0 Å². The van der Waals surface area contributed by atoms with Crippen LogP contribution in [0.5, 0.6) is 0 Å². The molecular weight excluding hydrogens is 344 g/mol. The van der Waals surface area contributed by atoms with Crippen LogP contribution in [-0.2, 0) is 0 Å². The molecule has 1 spiro atoms. The molecule has 2 aliphatic heterocycles. The Kier molecular flexibility index (Phi) is 2.85. The van der Waals surface area contributed by atoms with Gasteiger partial charge in [0, 0.05) is 25.1 Å². The number of rotatable bonds is 0. The minimum absolute atomic E-state index is 0.944. The summed E-state index contributed by atoms with van der Waals surface area (Å²) in [7, 11) is -1.46. The minimum atomic E-state index is -1.46. The van der Waals surface area contributed by atoms with Gasteiger partial charge in [-0.15, -0.1) is 16.5 Å². The Balaban J connectivity index is 1.85. The van der Waals surface area contributed by atoms with Gasteiger partial charge in [0.25, 0.3) is 0 Å². The number of hydrogen-bond acceptors (Lipinski definition) is 0. The van der Waals surface area contributed by atoms with Gasteiger partial charge >= 0.3 is 0 Å². The van der Waals surface area contributed by atoms with Crippen molar-refractivity contribution in [1.82, 2.24) is 0 Å². The van der Waals surface area contributed by atoms with Crippen LogP contribution in [0.4, 0.5) is 0 Å². The van der Waals surface area contributed by atoms with Crippen molar-refractivity contribution in [3.63, 3.8) is 0 Å². The summed E-state index contributed by atoms with van der Waals surface area (Å²) in [6.45, 7) is 0. The molecule has 0 atom stereocenters. The molecule has 0 N–H and O–H groups in total. The monoisotopic (exact) mass is 360 g/mol. The van der Waals surface area contributed by atoms with E-state index in [9.17, 15) is 0 Å². The van der Waals surface area contributed by atoms with E-state index in [0.29, 0.717) is 0 Å². The van der Waals surface area contributed by atoms with Crippen molar-refractivity contribution >= 4 is 10.0 Å². The summed E-state index contributed by atoms with van der Waals surface area (Å²) in [5.74, 6) is 2.81. The van der Waals surface area contributed by atoms with Crippen LogP contribution in [0.1, 0.15) is 5.56 Å². The molecule has 0 unspecified atom stereocenters. The first kappa shape index (κ1) is 14.9. The highest BCUT2D eigenvalue weighted by atomic mass is 32.3. The third kappa shape index (κ3) is 1.67. The molecule has 2 heterocycles. The van der Waals surface area contributed by atoms with Gasteiger partial charge in [-0.1, -0.05) is 60.5 Å². The highest BCUT2D eigenvalue weighted by Crippen LogP contribution is 2.84. The molecule has 27 heavy (non-hydrogen) atoms. The van der Waals surface area contributed by atoms with Crippen LogP contribution in [0.3, 0.4) is 0 Å². The number of benzene rings is 4. The molecule has 4 aromatic carbocycles. The number of fused-ring (bicyclic) bond motifs is 10. The maximum absolute atomic E-state index is 5.72. The molecule has 4 aromatic rings. The fourth-order valence-electron chi connectivity index (χ4n) is 4.68. The molecule has 6 rings (SSSR count). The quantitative estimate of drug-likeness (QED) is 0.257. The second-order valence-electron chi connectivity index (χ2n) is 6.96. The Labute approximate surface area is 160 Å². The van der Waals surface area contributed by atoms with E-state index in [1.54, 1.807) is 0 Å². The van der Waals surface area contributed by atoms with Crippen molar-refractivity contribution < 1.29 is 0 Å². The molecule has 0 radical (unpaired) electrons. The Morgan fingerprint density at radius 1 is 0.519 bits per heavy atom. The van der Waals surface area contributed by atoms with E-state index in [2.05, 4.69) is 96.9 Å². The van der Waals surface area contributed by atoms with Gasteiger partial charge < -0.3 is 0 Å². The van der Waals surface area contributed by atoms with E-state index >= 15 is 0 Å². The minimum Gasteiger partial charge on any atom is -0.130 e. The summed E-state index contributed by atoms with van der Waals surface area (Å²) in [4.78, 5) is 5.75. The van der Waals surface area contributed by atoms with Crippen LogP contribution in [-0.4, -0.2) is 0 Å². The standard InChI is InChI=1S/C26H16S/c1-2-18-15-16-26-22(17-18)21-11-5-8-14-25(21)27(26)23-12-6-3-9-19(23)20-10-4-7-13-24(20)27/h1,3-17H. The fraction of sp³-hybridized carbons (Fsp3) is 0. The first-order valence-corrected chi connectivity index (χ1v) is 10.7. The summed E-state index contributed by atoms with van der Waals surface area (Å²) in [5, 5.41) is 0. The third-order valence-corrected chi connectivity index (χ3v) is 9.77. The fourth-order valence-corrected chi connectivity index (χ4v) is 9.24. The molecular formula is C26H16S. The van der Waals surface area contributed by atoms with Gasteiger partial charge in [0.2, 0.25) is 0 Å². The zero-order valence-electron chi connectivity index (χ0n) is 14.6. The first-order chi connectivity index (χ1) is 13.4. The normalized spacial score (nSPS) is 15.4. The first-order valence-electron chi connectivity index (χ1n) is 9.08. The molecule has 0 nitrogen and oxygen atoms in total. The van der Waals surface area contributed by atoms with E-state index < -0.39 is 10.0 Å². The van der Waals surface area contributed by atoms with Crippen molar-refractivity contribution in [3.8, 4) is 34.6 Å². The molecule has 1 heteroatoms. The van der Waals surface area contributed by atoms with E-state index in [1.165, 1.54) is 41.8 Å². The Morgan fingerprint density at radius 2 is 0.963 bits per heavy atom. The van der Waals surface area contributed by atoms with E-state index in [-0.39, 0.29) is 0 Å². The smallest absolute Gasteiger partial charge is 0.0249 e. The van der Waals surface area contributed by atoms with Crippen molar-refractivity contribution in [2.24, 2.45) is 0 Å². The summed E-state index contributed by atoms with van der Waals surface area (Å²) in [6, 6.07) is 33.3. The largest absolute Gasteiger partial charge is 0.130 e. The molecule has 2 aliphatic rings. The predicted octanol–water partition coefficient (Wildman–Crippen LogP) is 6.97. The SMILES string of the molecule is C#Cc1ccc2c(c1)-c1ccccc1S21c2ccccc2-c2ccccc21. The molecule has 0 fully saturated rings. The van der Waals surface area contributed by atoms with Crippen molar-refractivity contribution in [2.45, 2.75) is 19.6 Å². The lowest BCUT2D eigenvalue weighted by Gasteiger charge is -2.36. The second kappa shape index (κ2) is 5.16. The zero-order chi connectivity index (χ0) is 18.0. The van der Waals surface area contributed by atoms with Gasteiger partial charge in [-0.25, -0.2) is 0 Å². The van der Waals surface area contributed by atoms with E-state index in [1.807, 2.05) is 0 Å². The topological polar surface area (TPSA) is 0 Å².